The Bertz CT molecular complexity index is 520. The molecule has 1 aromatic carbocycles. The molecule has 0 amide bonds. The third kappa shape index (κ3) is 2.11. The van der Waals surface area contributed by atoms with Gasteiger partial charge in [-0.1, -0.05) is 30.3 Å². The maximum atomic E-state index is 11.8. The highest BCUT2D eigenvalue weighted by atomic mass is 16.5. The third-order valence-corrected chi connectivity index (χ3v) is 2.27. The van der Waals surface area contributed by atoms with Gasteiger partial charge in [0.15, 0.2) is 5.75 Å². The van der Waals surface area contributed by atoms with Gasteiger partial charge in [0.1, 0.15) is 0 Å². The molecule has 82 valence electrons. The quantitative estimate of drug-likeness (QED) is 0.776. The first-order valence-corrected chi connectivity index (χ1v) is 4.95. The van der Waals surface area contributed by atoms with E-state index in [0.717, 1.165) is 5.56 Å². The minimum atomic E-state index is -0.214. The normalized spacial score (nSPS) is 10.1. The van der Waals surface area contributed by atoms with Gasteiger partial charge in [0.25, 0.3) is 0 Å². The topological polar surface area (TPSA) is 44.1 Å². The second kappa shape index (κ2) is 4.61. The van der Waals surface area contributed by atoms with Crippen LogP contribution in [0.15, 0.2) is 47.4 Å². The standard InChI is InChI=1S/C12H12N2O2/c1-16-11-7-8-13-14(12(11)15)9-10-5-3-2-4-6-10/h2-8H,9H2,1H3. The zero-order chi connectivity index (χ0) is 11.4. The van der Waals surface area contributed by atoms with E-state index in [1.165, 1.54) is 11.8 Å². The maximum Gasteiger partial charge on any atom is 0.309 e. The van der Waals surface area contributed by atoms with Crippen LogP contribution in [0.25, 0.3) is 0 Å². The van der Waals surface area contributed by atoms with Crippen LogP contribution in [0.2, 0.25) is 0 Å². The minimum Gasteiger partial charge on any atom is -0.491 e. The number of ether oxygens (including phenoxy) is 1. The first-order valence-electron chi connectivity index (χ1n) is 4.95. The Morgan fingerprint density at radius 3 is 2.69 bits per heavy atom. The van der Waals surface area contributed by atoms with Gasteiger partial charge in [0, 0.05) is 6.07 Å². The van der Waals surface area contributed by atoms with Gasteiger partial charge in [-0.3, -0.25) is 4.79 Å². The summed E-state index contributed by atoms with van der Waals surface area (Å²) in [6, 6.07) is 11.3. The summed E-state index contributed by atoms with van der Waals surface area (Å²) in [5.41, 5.74) is 0.819. The summed E-state index contributed by atoms with van der Waals surface area (Å²) in [5.74, 6) is 0.311. The van der Waals surface area contributed by atoms with E-state index in [9.17, 15) is 4.79 Å². The van der Waals surface area contributed by atoms with Gasteiger partial charge in [0.05, 0.1) is 19.9 Å². The van der Waals surface area contributed by atoms with E-state index in [4.69, 9.17) is 4.74 Å². The number of rotatable bonds is 3. The predicted molar refractivity (Wildman–Crippen MR) is 60.6 cm³/mol. The second-order valence-corrected chi connectivity index (χ2v) is 3.35. The average Bonchev–Trinajstić information content (AvgIpc) is 2.33. The van der Waals surface area contributed by atoms with Crippen molar-refractivity contribution in [3.63, 3.8) is 0 Å². The third-order valence-electron chi connectivity index (χ3n) is 2.27. The average molecular weight is 216 g/mol. The fraction of sp³-hybridized carbons (Fsp3) is 0.167. The van der Waals surface area contributed by atoms with Crippen molar-refractivity contribution >= 4 is 0 Å². The van der Waals surface area contributed by atoms with E-state index in [1.807, 2.05) is 30.3 Å². The molecule has 0 aliphatic rings. The van der Waals surface area contributed by atoms with Crippen LogP contribution >= 0.6 is 0 Å². The van der Waals surface area contributed by atoms with E-state index in [1.54, 1.807) is 12.3 Å². The summed E-state index contributed by atoms with van der Waals surface area (Å²) in [6.45, 7) is 0.455. The molecule has 0 atom stereocenters. The molecule has 2 aromatic rings. The van der Waals surface area contributed by atoms with Crippen LogP contribution in [0.5, 0.6) is 5.75 Å². The maximum absolute atomic E-state index is 11.8. The highest BCUT2D eigenvalue weighted by molar-refractivity contribution is 5.17. The number of methoxy groups -OCH3 is 1. The van der Waals surface area contributed by atoms with Crippen LogP contribution in [-0.2, 0) is 6.54 Å². The van der Waals surface area contributed by atoms with Crippen LogP contribution in [0.3, 0.4) is 0 Å². The zero-order valence-electron chi connectivity index (χ0n) is 8.96. The Kier molecular flexibility index (Phi) is 3.00. The Labute approximate surface area is 93.1 Å². The van der Waals surface area contributed by atoms with Gasteiger partial charge < -0.3 is 4.74 Å². The number of aromatic nitrogens is 2. The fourth-order valence-electron chi connectivity index (χ4n) is 1.46. The first-order chi connectivity index (χ1) is 7.81. The molecule has 0 unspecified atom stereocenters. The van der Waals surface area contributed by atoms with Gasteiger partial charge in [-0.25, -0.2) is 4.68 Å². The number of benzene rings is 1. The monoisotopic (exact) mass is 216 g/mol. The highest BCUT2D eigenvalue weighted by Crippen LogP contribution is 2.02. The summed E-state index contributed by atoms with van der Waals surface area (Å²) >= 11 is 0. The van der Waals surface area contributed by atoms with Crippen LogP contribution in [0.4, 0.5) is 0 Å². The largest absolute Gasteiger partial charge is 0.491 e. The SMILES string of the molecule is COc1ccnn(Cc2ccccc2)c1=O. The molecule has 2 rings (SSSR count). The molecule has 16 heavy (non-hydrogen) atoms. The predicted octanol–water partition coefficient (Wildman–Crippen LogP) is 1.30. The Morgan fingerprint density at radius 1 is 1.25 bits per heavy atom. The number of nitrogens with zero attached hydrogens (tertiary/aromatic N) is 2. The highest BCUT2D eigenvalue weighted by Gasteiger charge is 2.03. The first kappa shape index (κ1) is 10.4. The van der Waals surface area contributed by atoms with Crippen molar-refractivity contribution in [2.45, 2.75) is 6.54 Å². The molecule has 0 fully saturated rings. The lowest BCUT2D eigenvalue weighted by atomic mass is 10.2. The van der Waals surface area contributed by atoms with Gasteiger partial charge >= 0.3 is 5.56 Å². The van der Waals surface area contributed by atoms with Crippen molar-refractivity contribution in [2.75, 3.05) is 7.11 Å². The van der Waals surface area contributed by atoms with Crippen LogP contribution < -0.4 is 10.3 Å². The summed E-state index contributed by atoms with van der Waals surface area (Å²) in [6.07, 6.45) is 1.56. The van der Waals surface area contributed by atoms with Gasteiger partial charge in [0.2, 0.25) is 0 Å². The summed E-state index contributed by atoms with van der Waals surface area (Å²) < 4.78 is 6.33. The molecule has 1 heterocycles. The molecule has 0 aliphatic heterocycles. The molecule has 0 saturated heterocycles. The van der Waals surface area contributed by atoms with Crippen molar-refractivity contribution in [1.82, 2.24) is 9.78 Å². The molecular formula is C12H12N2O2. The molecule has 0 saturated carbocycles. The molecule has 1 aromatic heterocycles. The van der Waals surface area contributed by atoms with E-state index in [2.05, 4.69) is 5.10 Å². The van der Waals surface area contributed by atoms with Gasteiger partial charge in [-0.15, -0.1) is 0 Å². The van der Waals surface area contributed by atoms with Crippen LogP contribution in [-0.4, -0.2) is 16.9 Å². The molecule has 4 nitrogen and oxygen atoms in total. The molecule has 0 N–H and O–H groups in total. The lowest BCUT2D eigenvalue weighted by Gasteiger charge is -2.05. The smallest absolute Gasteiger partial charge is 0.309 e. The molecule has 0 spiro atoms. The van der Waals surface area contributed by atoms with Crippen molar-refractivity contribution in [3.05, 3.63) is 58.5 Å². The summed E-state index contributed by atoms with van der Waals surface area (Å²) in [7, 11) is 1.48. The van der Waals surface area contributed by atoms with Crippen molar-refractivity contribution < 1.29 is 4.74 Å². The second-order valence-electron chi connectivity index (χ2n) is 3.35. The molecular weight excluding hydrogens is 204 g/mol. The Hall–Kier alpha value is -2.10. The van der Waals surface area contributed by atoms with Gasteiger partial charge in [-0.05, 0) is 5.56 Å². The Balaban J connectivity index is 2.32. The number of hydrogen-bond acceptors (Lipinski definition) is 3. The zero-order valence-corrected chi connectivity index (χ0v) is 8.96. The van der Waals surface area contributed by atoms with E-state index < -0.39 is 0 Å². The van der Waals surface area contributed by atoms with Crippen molar-refractivity contribution in [1.29, 1.82) is 0 Å². The lowest BCUT2D eigenvalue weighted by Crippen LogP contribution is -2.23. The van der Waals surface area contributed by atoms with Crippen LogP contribution in [0.1, 0.15) is 5.56 Å². The van der Waals surface area contributed by atoms with Gasteiger partial charge in [-0.2, -0.15) is 5.10 Å². The molecule has 0 aliphatic carbocycles. The lowest BCUT2D eigenvalue weighted by molar-refractivity contribution is 0.398. The molecule has 4 heteroatoms. The van der Waals surface area contributed by atoms with Crippen molar-refractivity contribution in [2.24, 2.45) is 0 Å². The summed E-state index contributed by atoms with van der Waals surface area (Å²) in [5, 5.41) is 4.01. The van der Waals surface area contributed by atoms with E-state index in [-0.39, 0.29) is 5.56 Å². The van der Waals surface area contributed by atoms with Crippen molar-refractivity contribution in [3.8, 4) is 5.75 Å². The Morgan fingerprint density at radius 2 is 2.00 bits per heavy atom. The van der Waals surface area contributed by atoms with Crippen LogP contribution in [0, 0.1) is 0 Å². The van der Waals surface area contributed by atoms with E-state index >= 15 is 0 Å². The summed E-state index contributed by atoms with van der Waals surface area (Å²) in [4.78, 5) is 11.8. The number of hydrogen-bond donors (Lipinski definition) is 0. The molecule has 0 radical (unpaired) electrons. The minimum absolute atomic E-state index is 0.214. The molecule has 0 bridgehead atoms. The van der Waals surface area contributed by atoms with E-state index in [0.29, 0.717) is 12.3 Å². The fourth-order valence-corrected chi connectivity index (χ4v) is 1.46.